The summed E-state index contributed by atoms with van der Waals surface area (Å²) in [5.74, 6) is -0.121. The lowest BCUT2D eigenvalue weighted by Crippen LogP contribution is -2.26. The van der Waals surface area contributed by atoms with Gasteiger partial charge in [0.2, 0.25) is 5.56 Å². The number of pyridine rings is 1. The van der Waals surface area contributed by atoms with Crippen LogP contribution < -0.4 is 10.9 Å². The molecule has 0 spiro atoms. The smallest absolute Gasteiger partial charge is 0.251 e. The van der Waals surface area contributed by atoms with Gasteiger partial charge in [-0.3, -0.25) is 9.59 Å². The first kappa shape index (κ1) is 16.0. The molecule has 0 radical (unpaired) electrons. The van der Waals surface area contributed by atoms with Crippen molar-refractivity contribution < 1.29 is 4.79 Å². The minimum atomic E-state index is -0.167. The van der Waals surface area contributed by atoms with Crippen LogP contribution in [0.1, 0.15) is 42.4 Å². The Balaban J connectivity index is 2.11. The Labute approximate surface area is 130 Å². The first-order valence-electron chi connectivity index (χ1n) is 7.39. The Morgan fingerprint density at radius 1 is 1.09 bits per heavy atom. The molecule has 1 aromatic carbocycles. The van der Waals surface area contributed by atoms with Gasteiger partial charge in [0, 0.05) is 17.3 Å². The number of aromatic amines is 1. The summed E-state index contributed by atoms with van der Waals surface area (Å²) in [6.07, 6.45) is 0.832. The number of amides is 1. The molecule has 0 saturated heterocycles. The molecule has 1 amide bonds. The van der Waals surface area contributed by atoms with Crippen LogP contribution in [0.4, 0.5) is 0 Å². The topological polar surface area (TPSA) is 62.0 Å². The Morgan fingerprint density at radius 2 is 1.82 bits per heavy atom. The van der Waals surface area contributed by atoms with Crippen molar-refractivity contribution in [2.75, 3.05) is 0 Å². The quantitative estimate of drug-likeness (QED) is 0.911. The highest BCUT2D eigenvalue weighted by molar-refractivity contribution is 5.95. The SMILES string of the molecule is CC(C)(C)Cc1ccccc1C(=O)NCc1cccc(=O)[nH]1. The van der Waals surface area contributed by atoms with Crippen LogP contribution in [0.15, 0.2) is 47.3 Å². The molecule has 0 aliphatic carbocycles. The fourth-order valence-electron chi connectivity index (χ4n) is 2.33. The molecule has 0 aliphatic rings. The normalized spacial score (nSPS) is 11.2. The zero-order chi connectivity index (χ0) is 16.2. The summed E-state index contributed by atoms with van der Waals surface area (Å²) in [4.78, 5) is 26.4. The maximum Gasteiger partial charge on any atom is 0.251 e. The highest BCUT2D eigenvalue weighted by Gasteiger charge is 2.17. The van der Waals surface area contributed by atoms with E-state index in [1.54, 1.807) is 12.1 Å². The van der Waals surface area contributed by atoms with Crippen molar-refractivity contribution in [2.45, 2.75) is 33.7 Å². The second kappa shape index (κ2) is 6.60. The Bertz CT molecular complexity index is 711. The van der Waals surface area contributed by atoms with Crippen LogP contribution in [0.25, 0.3) is 0 Å². The van der Waals surface area contributed by atoms with Crippen molar-refractivity contribution in [2.24, 2.45) is 5.41 Å². The van der Waals surface area contributed by atoms with Crippen molar-refractivity contribution >= 4 is 5.91 Å². The van der Waals surface area contributed by atoms with Gasteiger partial charge in [0.05, 0.1) is 6.54 Å². The van der Waals surface area contributed by atoms with E-state index in [1.807, 2.05) is 24.3 Å². The van der Waals surface area contributed by atoms with Gasteiger partial charge in [0.15, 0.2) is 0 Å². The van der Waals surface area contributed by atoms with Crippen LogP contribution in [0.2, 0.25) is 0 Å². The van der Waals surface area contributed by atoms with Gasteiger partial charge in [0.25, 0.3) is 5.91 Å². The number of H-pyrrole nitrogens is 1. The molecule has 0 fully saturated rings. The van der Waals surface area contributed by atoms with Gasteiger partial charge in [-0.1, -0.05) is 45.0 Å². The number of nitrogens with one attached hydrogen (secondary N) is 2. The fourth-order valence-corrected chi connectivity index (χ4v) is 2.33. The predicted octanol–water partition coefficient (Wildman–Crippen LogP) is 2.89. The third-order valence-corrected chi connectivity index (χ3v) is 3.25. The van der Waals surface area contributed by atoms with E-state index in [9.17, 15) is 9.59 Å². The monoisotopic (exact) mass is 298 g/mol. The van der Waals surface area contributed by atoms with Crippen molar-refractivity contribution in [1.82, 2.24) is 10.3 Å². The summed E-state index contributed by atoms with van der Waals surface area (Å²) in [6.45, 7) is 6.75. The average molecular weight is 298 g/mol. The van der Waals surface area contributed by atoms with E-state index in [-0.39, 0.29) is 16.9 Å². The number of hydrogen-bond acceptors (Lipinski definition) is 2. The van der Waals surface area contributed by atoms with Gasteiger partial charge in [0.1, 0.15) is 0 Å². The molecule has 0 saturated carbocycles. The van der Waals surface area contributed by atoms with E-state index in [2.05, 4.69) is 31.1 Å². The molecule has 0 aliphatic heterocycles. The van der Waals surface area contributed by atoms with E-state index in [4.69, 9.17) is 0 Å². The third kappa shape index (κ3) is 4.58. The van der Waals surface area contributed by atoms with E-state index in [0.717, 1.165) is 12.0 Å². The summed E-state index contributed by atoms with van der Waals surface area (Å²) in [5, 5.41) is 2.86. The molecule has 0 bridgehead atoms. The molecule has 22 heavy (non-hydrogen) atoms. The lowest BCUT2D eigenvalue weighted by molar-refractivity contribution is 0.0949. The summed E-state index contributed by atoms with van der Waals surface area (Å²) in [5.41, 5.74) is 2.36. The molecule has 0 atom stereocenters. The van der Waals surface area contributed by atoms with E-state index in [1.165, 1.54) is 6.07 Å². The second-order valence-electron chi connectivity index (χ2n) is 6.62. The van der Waals surface area contributed by atoms with Crippen LogP contribution in [-0.4, -0.2) is 10.9 Å². The van der Waals surface area contributed by atoms with Crippen LogP contribution in [0.5, 0.6) is 0 Å². The van der Waals surface area contributed by atoms with Crippen molar-refractivity contribution in [3.05, 3.63) is 69.6 Å². The van der Waals surface area contributed by atoms with Gasteiger partial charge in [-0.25, -0.2) is 0 Å². The van der Waals surface area contributed by atoms with Gasteiger partial charge in [-0.15, -0.1) is 0 Å². The molecular formula is C18H22N2O2. The first-order valence-corrected chi connectivity index (χ1v) is 7.39. The zero-order valence-electron chi connectivity index (χ0n) is 13.3. The maximum atomic E-state index is 12.4. The molecule has 2 rings (SSSR count). The maximum absolute atomic E-state index is 12.4. The summed E-state index contributed by atoms with van der Waals surface area (Å²) in [7, 11) is 0. The Kier molecular flexibility index (Phi) is 4.81. The molecule has 1 aromatic heterocycles. The highest BCUT2D eigenvalue weighted by Crippen LogP contribution is 2.22. The lowest BCUT2D eigenvalue weighted by Gasteiger charge is -2.20. The molecule has 116 valence electrons. The fraction of sp³-hybridized carbons (Fsp3) is 0.333. The average Bonchev–Trinajstić information content (AvgIpc) is 2.44. The van der Waals surface area contributed by atoms with Crippen LogP contribution in [-0.2, 0) is 13.0 Å². The number of rotatable bonds is 4. The highest BCUT2D eigenvalue weighted by atomic mass is 16.1. The van der Waals surface area contributed by atoms with Crippen molar-refractivity contribution in [3.63, 3.8) is 0 Å². The van der Waals surface area contributed by atoms with Crippen molar-refractivity contribution in [3.8, 4) is 0 Å². The molecule has 1 heterocycles. The van der Waals surface area contributed by atoms with Crippen molar-refractivity contribution in [1.29, 1.82) is 0 Å². The van der Waals surface area contributed by atoms with E-state index in [0.29, 0.717) is 17.8 Å². The van der Waals surface area contributed by atoms with Gasteiger partial charge < -0.3 is 10.3 Å². The summed E-state index contributed by atoms with van der Waals surface area (Å²) in [6, 6.07) is 12.5. The summed E-state index contributed by atoms with van der Waals surface area (Å²) < 4.78 is 0. The molecule has 2 aromatic rings. The standard InChI is InChI=1S/C18H22N2O2/c1-18(2,3)11-13-7-4-5-9-15(13)17(22)19-12-14-8-6-10-16(21)20-14/h4-10H,11-12H2,1-3H3,(H,19,22)(H,20,21). The molecule has 4 heteroatoms. The molecular weight excluding hydrogens is 276 g/mol. The molecule has 0 unspecified atom stereocenters. The summed E-state index contributed by atoms with van der Waals surface area (Å²) >= 11 is 0. The van der Waals surface area contributed by atoms with Crippen LogP contribution in [0.3, 0.4) is 0 Å². The van der Waals surface area contributed by atoms with Gasteiger partial charge in [-0.05, 0) is 29.5 Å². The Morgan fingerprint density at radius 3 is 2.50 bits per heavy atom. The van der Waals surface area contributed by atoms with Crippen LogP contribution in [0, 0.1) is 5.41 Å². The number of carbonyl (C=O) groups excluding carboxylic acids is 1. The van der Waals surface area contributed by atoms with Gasteiger partial charge in [-0.2, -0.15) is 0 Å². The largest absolute Gasteiger partial charge is 0.346 e. The number of carbonyl (C=O) groups is 1. The second-order valence-corrected chi connectivity index (χ2v) is 6.62. The van der Waals surface area contributed by atoms with Gasteiger partial charge >= 0.3 is 0 Å². The molecule has 2 N–H and O–H groups in total. The third-order valence-electron chi connectivity index (χ3n) is 3.25. The minimum absolute atomic E-state index is 0.112. The first-order chi connectivity index (χ1) is 10.3. The van der Waals surface area contributed by atoms with Crippen LogP contribution >= 0.6 is 0 Å². The number of hydrogen-bond donors (Lipinski definition) is 2. The Hall–Kier alpha value is -2.36. The number of aromatic nitrogens is 1. The predicted molar refractivity (Wildman–Crippen MR) is 87.8 cm³/mol. The lowest BCUT2D eigenvalue weighted by atomic mass is 9.86. The molecule has 4 nitrogen and oxygen atoms in total. The zero-order valence-corrected chi connectivity index (χ0v) is 13.3. The number of benzene rings is 1. The van der Waals surface area contributed by atoms with E-state index >= 15 is 0 Å². The van der Waals surface area contributed by atoms with E-state index < -0.39 is 0 Å². The minimum Gasteiger partial charge on any atom is -0.346 e.